The number of aryl methyl sites for hydroxylation is 1. The predicted octanol–water partition coefficient (Wildman–Crippen LogP) is 3.13. The van der Waals surface area contributed by atoms with Gasteiger partial charge in [0.1, 0.15) is 5.82 Å². The van der Waals surface area contributed by atoms with E-state index < -0.39 is 0 Å². The number of hydrogen-bond acceptors (Lipinski definition) is 5. The molecule has 2 heterocycles. The topological polar surface area (TPSA) is 51.0 Å². The van der Waals surface area contributed by atoms with Gasteiger partial charge in [0.25, 0.3) is 0 Å². The minimum Gasteiger partial charge on any atom is -0.342 e. The molecule has 1 amide bonds. The Labute approximate surface area is 151 Å². The second-order valence-corrected chi connectivity index (χ2v) is 7.93. The minimum absolute atomic E-state index is 0.205. The van der Waals surface area contributed by atoms with Gasteiger partial charge in [-0.15, -0.1) is 22.0 Å². The summed E-state index contributed by atoms with van der Waals surface area (Å²) in [6.07, 6.45) is 2.25. The van der Waals surface area contributed by atoms with Crippen molar-refractivity contribution >= 4 is 29.4 Å². The third-order valence-corrected chi connectivity index (χ3v) is 6.11. The molecule has 0 N–H and O–H groups in total. The van der Waals surface area contributed by atoms with Crippen LogP contribution in [-0.2, 0) is 17.6 Å². The highest BCUT2D eigenvalue weighted by atomic mass is 32.2. The van der Waals surface area contributed by atoms with Gasteiger partial charge >= 0.3 is 0 Å². The van der Waals surface area contributed by atoms with Gasteiger partial charge in [0.15, 0.2) is 5.16 Å². The maximum absolute atomic E-state index is 12.1. The van der Waals surface area contributed by atoms with Crippen molar-refractivity contribution < 1.29 is 4.79 Å². The summed E-state index contributed by atoms with van der Waals surface area (Å²) < 4.78 is 1.99. The van der Waals surface area contributed by atoms with E-state index in [2.05, 4.69) is 41.4 Å². The molecule has 7 heteroatoms. The number of carbonyl (C=O) groups excluding carboxylic acids is 1. The Morgan fingerprint density at radius 3 is 2.54 bits per heavy atom. The van der Waals surface area contributed by atoms with Crippen molar-refractivity contribution in [3.05, 3.63) is 35.7 Å². The number of aromatic nitrogens is 3. The highest BCUT2D eigenvalue weighted by Crippen LogP contribution is 2.24. The van der Waals surface area contributed by atoms with Gasteiger partial charge in [0, 0.05) is 25.0 Å². The molecular formula is C17H22N4OS2. The van der Waals surface area contributed by atoms with Gasteiger partial charge < -0.3 is 9.47 Å². The number of benzene rings is 1. The quantitative estimate of drug-likeness (QED) is 0.739. The number of nitrogens with zero attached hydrogens (tertiary/aromatic N) is 4. The number of carbonyl (C=O) groups is 1. The van der Waals surface area contributed by atoms with Crippen LogP contribution < -0.4 is 0 Å². The number of hydrogen-bond donors (Lipinski definition) is 0. The molecule has 3 rings (SSSR count). The maximum atomic E-state index is 12.1. The highest BCUT2D eigenvalue weighted by molar-refractivity contribution is 7.99. The SMILES string of the molecule is Cc1ccc(SCc2nnc(SCC(=O)N3CCCC3)n2C)cc1. The van der Waals surface area contributed by atoms with E-state index in [1.54, 1.807) is 11.8 Å². The van der Waals surface area contributed by atoms with Gasteiger partial charge in [-0.3, -0.25) is 4.79 Å². The summed E-state index contributed by atoms with van der Waals surface area (Å²) in [6, 6.07) is 8.48. The first-order chi connectivity index (χ1) is 11.6. The van der Waals surface area contributed by atoms with Gasteiger partial charge in [0.2, 0.25) is 5.91 Å². The molecule has 1 aliphatic rings. The molecule has 128 valence electrons. The van der Waals surface area contributed by atoms with Crippen molar-refractivity contribution in [1.29, 1.82) is 0 Å². The van der Waals surface area contributed by atoms with Gasteiger partial charge in [-0.1, -0.05) is 29.5 Å². The van der Waals surface area contributed by atoms with Crippen molar-refractivity contribution in [3.8, 4) is 0 Å². The second kappa shape index (κ2) is 8.07. The third kappa shape index (κ3) is 4.33. The fraction of sp³-hybridized carbons (Fsp3) is 0.471. The average Bonchev–Trinajstić information content (AvgIpc) is 3.23. The van der Waals surface area contributed by atoms with E-state index in [-0.39, 0.29) is 5.91 Å². The fourth-order valence-corrected chi connectivity index (χ4v) is 4.27. The van der Waals surface area contributed by atoms with E-state index in [0.29, 0.717) is 5.75 Å². The van der Waals surface area contributed by atoms with Crippen molar-refractivity contribution in [1.82, 2.24) is 19.7 Å². The molecule has 0 bridgehead atoms. The molecule has 1 fully saturated rings. The first kappa shape index (κ1) is 17.4. The zero-order chi connectivity index (χ0) is 16.9. The first-order valence-corrected chi connectivity index (χ1v) is 10.1. The number of amides is 1. The number of thioether (sulfide) groups is 2. The lowest BCUT2D eigenvalue weighted by atomic mass is 10.2. The molecule has 0 radical (unpaired) electrons. The summed E-state index contributed by atoms with van der Waals surface area (Å²) in [4.78, 5) is 15.3. The smallest absolute Gasteiger partial charge is 0.233 e. The molecule has 0 aliphatic carbocycles. The molecule has 0 atom stereocenters. The Hall–Kier alpha value is -1.47. The summed E-state index contributed by atoms with van der Waals surface area (Å²) in [5.41, 5.74) is 1.26. The molecule has 0 spiro atoms. The summed E-state index contributed by atoms with van der Waals surface area (Å²) >= 11 is 3.22. The molecule has 2 aromatic rings. The fourth-order valence-electron chi connectivity index (χ4n) is 2.56. The van der Waals surface area contributed by atoms with Crippen LogP contribution in [0.2, 0.25) is 0 Å². The van der Waals surface area contributed by atoms with E-state index in [1.165, 1.54) is 22.2 Å². The predicted molar refractivity (Wildman–Crippen MR) is 98.3 cm³/mol. The van der Waals surface area contributed by atoms with E-state index in [0.717, 1.165) is 42.7 Å². The lowest BCUT2D eigenvalue weighted by Gasteiger charge is -2.14. The van der Waals surface area contributed by atoms with E-state index in [4.69, 9.17) is 0 Å². The normalized spacial score (nSPS) is 14.3. The molecule has 5 nitrogen and oxygen atoms in total. The van der Waals surface area contributed by atoms with Gasteiger partial charge in [-0.05, 0) is 31.9 Å². The minimum atomic E-state index is 0.205. The van der Waals surface area contributed by atoms with Crippen LogP contribution in [-0.4, -0.2) is 44.4 Å². The Kier molecular flexibility index (Phi) is 5.84. The van der Waals surface area contributed by atoms with Crippen LogP contribution in [0, 0.1) is 6.92 Å². The molecule has 1 aromatic heterocycles. The van der Waals surface area contributed by atoms with Crippen molar-refractivity contribution in [3.63, 3.8) is 0 Å². The molecular weight excluding hydrogens is 340 g/mol. The van der Waals surface area contributed by atoms with Gasteiger partial charge in [-0.2, -0.15) is 0 Å². The molecule has 0 saturated carbocycles. The maximum Gasteiger partial charge on any atom is 0.233 e. The first-order valence-electron chi connectivity index (χ1n) is 8.12. The van der Waals surface area contributed by atoms with Crippen molar-refractivity contribution in [2.24, 2.45) is 7.05 Å². The Morgan fingerprint density at radius 2 is 1.83 bits per heavy atom. The molecule has 0 unspecified atom stereocenters. The van der Waals surface area contributed by atoms with Crippen LogP contribution in [0.3, 0.4) is 0 Å². The van der Waals surface area contributed by atoms with Crippen LogP contribution in [0.5, 0.6) is 0 Å². The van der Waals surface area contributed by atoms with Crippen LogP contribution in [0.15, 0.2) is 34.3 Å². The van der Waals surface area contributed by atoms with Crippen molar-refractivity contribution in [2.75, 3.05) is 18.8 Å². The Balaban J connectivity index is 1.53. The van der Waals surface area contributed by atoms with Gasteiger partial charge in [-0.25, -0.2) is 0 Å². The van der Waals surface area contributed by atoms with Gasteiger partial charge in [0.05, 0.1) is 11.5 Å². The highest BCUT2D eigenvalue weighted by Gasteiger charge is 2.19. The van der Waals surface area contributed by atoms with E-state index >= 15 is 0 Å². The summed E-state index contributed by atoms with van der Waals surface area (Å²) in [5.74, 6) is 2.34. The summed E-state index contributed by atoms with van der Waals surface area (Å²) in [7, 11) is 1.97. The molecule has 1 aliphatic heterocycles. The number of likely N-dealkylation sites (tertiary alicyclic amines) is 1. The number of rotatable bonds is 6. The monoisotopic (exact) mass is 362 g/mol. The lowest BCUT2D eigenvalue weighted by molar-refractivity contribution is -0.127. The van der Waals surface area contributed by atoms with E-state index in [9.17, 15) is 4.79 Å². The van der Waals surface area contributed by atoms with Crippen LogP contribution in [0.25, 0.3) is 0 Å². The lowest BCUT2D eigenvalue weighted by Crippen LogP contribution is -2.29. The Morgan fingerprint density at radius 1 is 1.12 bits per heavy atom. The zero-order valence-electron chi connectivity index (χ0n) is 14.1. The standard InChI is InChI=1S/C17H22N4OS2/c1-13-5-7-14(8-6-13)23-11-15-18-19-17(20(15)2)24-12-16(22)21-9-3-4-10-21/h5-8H,3-4,9-12H2,1-2H3. The molecule has 1 aromatic carbocycles. The van der Waals surface area contributed by atoms with E-state index in [1.807, 2.05) is 16.5 Å². The van der Waals surface area contributed by atoms with Crippen LogP contribution in [0.4, 0.5) is 0 Å². The van der Waals surface area contributed by atoms with Crippen LogP contribution >= 0.6 is 23.5 Å². The summed E-state index contributed by atoms with van der Waals surface area (Å²) in [5, 5.41) is 9.31. The van der Waals surface area contributed by atoms with Crippen LogP contribution in [0.1, 0.15) is 24.2 Å². The largest absolute Gasteiger partial charge is 0.342 e. The second-order valence-electron chi connectivity index (χ2n) is 5.94. The molecule has 24 heavy (non-hydrogen) atoms. The third-order valence-electron chi connectivity index (χ3n) is 4.10. The molecule has 1 saturated heterocycles. The van der Waals surface area contributed by atoms with Crippen molar-refractivity contribution in [2.45, 2.75) is 35.6 Å². The Bertz CT molecular complexity index is 693. The zero-order valence-corrected chi connectivity index (χ0v) is 15.7. The average molecular weight is 363 g/mol. The summed E-state index contributed by atoms with van der Waals surface area (Å²) in [6.45, 7) is 3.89.